The summed E-state index contributed by atoms with van der Waals surface area (Å²) in [7, 11) is 0. The predicted molar refractivity (Wildman–Crippen MR) is 253 cm³/mol. The maximum atomic E-state index is 10.2. The monoisotopic (exact) mass is 909 g/mol. The molecule has 0 unspecified atom stereocenters. The number of unbranched alkanes of at least 4 members (excludes halogenated alkanes) is 4. The average Bonchev–Trinajstić information content (AvgIpc) is 3.24. The van der Waals surface area contributed by atoms with Gasteiger partial charge in [-0.2, -0.15) is 0 Å². The van der Waals surface area contributed by atoms with Crippen molar-refractivity contribution in [3.8, 4) is 0 Å². The van der Waals surface area contributed by atoms with Crippen LogP contribution >= 0.6 is 0 Å². The summed E-state index contributed by atoms with van der Waals surface area (Å²) in [5.74, 6) is -3.92. The van der Waals surface area contributed by atoms with Crippen molar-refractivity contribution in [3.05, 3.63) is 134 Å². The molecule has 0 spiro atoms. The van der Waals surface area contributed by atoms with Gasteiger partial charge >= 0.3 is 37.7 Å². The second-order valence-electron chi connectivity index (χ2n) is 14.0. The van der Waals surface area contributed by atoms with Crippen LogP contribution in [-0.4, -0.2) is 113 Å². The van der Waals surface area contributed by atoms with Crippen molar-refractivity contribution in [1.82, 2.24) is 0 Å². The third kappa shape index (κ3) is 61.0. The molecule has 12 nitrogen and oxygen atoms in total. The van der Waals surface area contributed by atoms with E-state index in [1.54, 1.807) is 30.4 Å². The van der Waals surface area contributed by atoms with Gasteiger partial charge in [0.2, 0.25) is 0 Å². The summed E-state index contributed by atoms with van der Waals surface area (Å²) in [5, 5.41) is 67.5. The number of rotatable bonds is 31. The zero-order valence-corrected chi connectivity index (χ0v) is 40.9. The number of aliphatic carboxylic acids is 3. The van der Waals surface area contributed by atoms with Gasteiger partial charge in [-0.1, -0.05) is 168 Å². The van der Waals surface area contributed by atoms with Gasteiger partial charge in [-0.05, 0) is 77.0 Å². The first-order valence-electron chi connectivity index (χ1n) is 21.9. The van der Waals surface area contributed by atoms with E-state index in [2.05, 4.69) is 62.1 Å². The summed E-state index contributed by atoms with van der Waals surface area (Å²) < 4.78 is 0. The molecule has 13 heteroatoms. The minimum absolute atomic E-state index is 0. The van der Waals surface area contributed by atoms with Crippen LogP contribution in [0.5, 0.6) is 0 Å². The van der Waals surface area contributed by atoms with E-state index >= 15 is 0 Å². The Balaban J connectivity index is -0.000000263. The number of carboxylic acids is 3. The number of carbonyl (C=O) groups is 3. The van der Waals surface area contributed by atoms with Crippen molar-refractivity contribution < 1.29 is 55.9 Å². The number of nitrogens with one attached hydrogen (secondary N) is 1. The van der Waals surface area contributed by atoms with Crippen LogP contribution in [0.15, 0.2) is 122 Å². The Labute approximate surface area is 410 Å². The number of quaternary nitrogens is 1. The van der Waals surface area contributed by atoms with Gasteiger partial charge in [-0.15, -0.1) is 12.0 Å². The minimum atomic E-state index is -1.32. The molecule has 0 amide bonds. The predicted octanol–water partition coefficient (Wildman–Crippen LogP) is 4.86. The molecule has 0 saturated heterocycles. The van der Waals surface area contributed by atoms with E-state index in [9.17, 15) is 50.1 Å². The number of carboxylic acid groups (broad SMARTS) is 3. The zero-order chi connectivity index (χ0) is 47.7. The van der Waals surface area contributed by atoms with Crippen LogP contribution in [0.1, 0.15) is 124 Å². The molecule has 354 valence electrons. The summed E-state index contributed by atoms with van der Waals surface area (Å²) in [6.07, 6.45) is 48.4. The van der Waals surface area contributed by atoms with Gasteiger partial charge < -0.3 is 68.5 Å². The fourth-order valence-electron chi connectivity index (χ4n) is 4.17. The number of aliphatic hydroxyl groups is 4. The van der Waals surface area contributed by atoms with E-state index in [4.69, 9.17) is 5.73 Å². The van der Waals surface area contributed by atoms with Crippen LogP contribution < -0.4 is 21.1 Å². The maximum absolute atomic E-state index is 10.2. The Bertz CT molecular complexity index is 1370. The van der Waals surface area contributed by atoms with E-state index in [1.165, 1.54) is 26.2 Å². The first-order chi connectivity index (χ1) is 29.6. The third-order valence-electron chi connectivity index (χ3n) is 8.15. The number of allylic oxidation sites excluding steroid dienone is 18. The Morgan fingerprint density at radius 2 is 0.968 bits per heavy atom. The van der Waals surface area contributed by atoms with Crippen molar-refractivity contribution in [2.45, 2.75) is 154 Å². The molecule has 0 radical (unpaired) electrons. The fraction of sp³-hybridized carbons (Fsp3) is 0.520. The summed E-state index contributed by atoms with van der Waals surface area (Å²) in [4.78, 5) is 29.7. The zero-order valence-electron chi connectivity index (χ0n) is 38.7. The molecule has 0 aromatic rings. The van der Waals surface area contributed by atoms with Crippen molar-refractivity contribution in [2.75, 3.05) is 6.54 Å². The Kier molecular flexibility index (Phi) is 60.1. The molecule has 0 aliphatic carbocycles. The topological polar surface area (TPSA) is 253 Å². The molecule has 0 aromatic carbocycles. The molecular weight excluding hydrogens is 829 g/mol. The molecule has 0 aliphatic heterocycles. The summed E-state index contributed by atoms with van der Waals surface area (Å²) in [6.45, 7) is 11.4. The van der Waals surface area contributed by atoms with Crippen LogP contribution in [0.4, 0.5) is 0 Å². The number of aliphatic hydroxyl groups excluding tert-OH is 4. The molecule has 63 heavy (non-hydrogen) atoms. The van der Waals surface area contributed by atoms with Crippen LogP contribution in [0.25, 0.3) is 5.73 Å². The van der Waals surface area contributed by atoms with Gasteiger partial charge in [-0.3, -0.25) is 0 Å². The van der Waals surface area contributed by atoms with E-state index in [0.29, 0.717) is 25.7 Å². The van der Waals surface area contributed by atoms with E-state index in [0.717, 1.165) is 51.5 Å². The van der Waals surface area contributed by atoms with Crippen LogP contribution in [-0.2, 0) is 14.4 Å². The third-order valence-corrected chi connectivity index (χ3v) is 8.15. The normalized spacial score (nSPS) is 14.8. The van der Waals surface area contributed by atoms with E-state index < -0.39 is 54.3 Å². The van der Waals surface area contributed by atoms with E-state index in [1.807, 2.05) is 62.5 Å². The number of hydrogen-bond acceptors (Lipinski definition) is 10. The summed E-state index contributed by atoms with van der Waals surface area (Å²) in [6, 6.07) is -1.09. The first-order valence-corrected chi connectivity index (χ1v) is 21.9. The van der Waals surface area contributed by atoms with Crippen LogP contribution in [0.2, 0.25) is 0 Å². The van der Waals surface area contributed by atoms with Gasteiger partial charge in [0, 0.05) is 17.9 Å². The molecule has 0 rings (SSSR count). The molecule has 0 bridgehead atoms. The van der Waals surface area contributed by atoms with Crippen molar-refractivity contribution in [3.63, 3.8) is 0 Å². The van der Waals surface area contributed by atoms with Gasteiger partial charge in [0.25, 0.3) is 0 Å². The van der Waals surface area contributed by atoms with Gasteiger partial charge in [-0.25, -0.2) is 0 Å². The van der Waals surface area contributed by atoms with Gasteiger partial charge in [0.1, 0.15) is 0 Å². The largest absolute Gasteiger partial charge is 2.00 e. The maximum Gasteiger partial charge on any atom is 2.00 e. The van der Waals surface area contributed by atoms with Crippen LogP contribution in [0, 0.1) is 12.8 Å². The number of hydrogen-bond donors (Lipinski definition) is 5. The second kappa shape index (κ2) is 55.0. The van der Waals surface area contributed by atoms with Crippen molar-refractivity contribution in [2.24, 2.45) is 5.92 Å². The van der Waals surface area contributed by atoms with Crippen molar-refractivity contribution in [1.29, 1.82) is 0 Å². The first kappa shape index (κ1) is 68.9. The van der Waals surface area contributed by atoms with E-state index in [-0.39, 0.29) is 44.2 Å². The summed E-state index contributed by atoms with van der Waals surface area (Å²) in [5.41, 5.74) is 10.0. The Morgan fingerprint density at radius 1 is 0.587 bits per heavy atom. The Morgan fingerprint density at radius 3 is 1.32 bits per heavy atom. The molecule has 8 N–H and O–H groups in total. The fourth-order valence-corrected chi connectivity index (χ4v) is 4.17. The second-order valence-corrected chi connectivity index (χ2v) is 14.0. The SMILES string of the molecule is CCCC/C=C\C/C=C\C\C=C/C=C/C=C/[C@@H](O)[C@H](O)CC.CC[C@@H](O)[C@H](O)/C=C/C=C/C=C\C/C=C\C/C=C\CCCC(=O)[O-].C[C@H]([NH-])C(=O)[O-].[CH2-][C@@H](CCCC[NH3+])C(=O)[O-].[Ca+2]. The minimum Gasteiger partial charge on any atom is -0.670 e. The van der Waals surface area contributed by atoms with Crippen molar-refractivity contribution >= 4 is 55.6 Å². The summed E-state index contributed by atoms with van der Waals surface area (Å²) >= 11 is 0. The molecule has 0 aromatic heterocycles. The quantitative estimate of drug-likeness (QED) is 0.0208. The number of carbonyl (C=O) groups excluding carboxylic acids is 3. The van der Waals surface area contributed by atoms with Gasteiger partial charge in [0.15, 0.2) is 0 Å². The van der Waals surface area contributed by atoms with Crippen LogP contribution in [0.3, 0.4) is 0 Å². The molecule has 0 heterocycles. The average molecular weight is 909 g/mol. The standard InChI is InChI=1S/C20H30O4.C20H32O2.C7H14NO2.C3H6NO2.Ca/c1-2-18(21)19(22)16-14-12-10-8-6-4-3-5-7-9-11-13-15-17-20(23)24;1-3-5-6-7-8-9-10-11-12-13-14-15-16-17-18-20(22)19(21)4-2;1-6(7(9)10)4-2-3-5-8;1-2(4)3(5)6;/h3,5-6,8-12,14,16,18-19,21-22H,2,4,7,13,15,17H2,1H3,(H,23,24);7-8,10-11,13-22H,3-6,9,12H2,1-2H3;6H,1-5,8H2,(H,9,10);2,4H,1H3,(H,5,6);/q;;2*-1;+2/p-2/b5-3-,8-6-,11-9-,12-10+,16-14+;8-7-,11-10-,14-13-,16-15+,18-17+;;;/t18-,19-;19-,20-;6-;2-;/m1100./s1. The smallest absolute Gasteiger partial charge is 0.670 e. The molecule has 6 atom stereocenters. The molecule has 0 aliphatic rings. The molecule has 0 fully saturated rings. The molecular formula is C50H80CaN2O10-2. The molecule has 0 saturated carbocycles. The Hall–Kier alpha value is -3.17. The van der Waals surface area contributed by atoms with Gasteiger partial charge in [0.05, 0.1) is 31.0 Å².